The molecule has 5 N–H and O–H groups in total. The molecule has 0 unspecified atom stereocenters. The lowest BCUT2D eigenvalue weighted by Crippen LogP contribution is -2.45. The maximum Gasteiger partial charge on any atom is 0.305 e. The Morgan fingerprint density at radius 2 is 1.68 bits per heavy atom. The van der Waals surface area contributed by atoms with E-state index in [-0.39, 0.29) is 38.6 Å². The molecule has 0 spiro atoms. The van der Waals surface area contributed by atoms with Crippen LogP contribution in [0.3, 0.4) is 0 Å². The summed E-state index contributed by atoms with van der Waals surface area (Å²) in [7, 11) is 0. The second kappa shape index (κ2) is 12.2. The van der Waals surface area contributed by atoms with Crippen LogP contribution in [-0.2, 0) is 9.59 Å². The molecule has 0 fully saturated rings. The topological polar surface area (TPSA) is 127 Å². The van der Waals surface area contributed by atoms with E-state index in [1.54, 1.807) is 6.92 Å². The molecule has 0 aliphatic rings. The minimum Gasteiger partial charge on any atom is -0.481 e. The van der Waals surface area contributed by atoms with Gasteiger partial charge in [-0.05, 0) is 6.92 Å². The zero-order valence-corrected chi connectivity index (χ0v) is 12.2. The molecule has 1 amide bonds. The zero-order chi connectivity index (χ0) is 14.8. The van der Waals surface area contributed by atoms with Crippen LogP contribution in [-0.4, -0.2) is 58.2 Å². The van der Waals surface area contributed by atoms with Gasteiger partial charge >= 0.3 is 5.97 Å². The van der Waals surface area contributed by atoms with E-state index in [2.05, 4.69) is 5.32 Å². The second-order valence-electron chi connectivity index (χ2n) is 4.30. The molecule has 0 bridgehead atoms. The Labute approximate surface area is 119 Å². The number of hydrogen-bond donors (Lipinski definition) is 5. The smallest absolute Gasteiger partial charge is 0.305 e. The van der Waals surface area contributed by atoms with Gasteiger partial charge in [0.1, 0.15) is 6.10 Å². The number of halogens is 1. The average Bonchev–Trinajstić information content (AvgIpc) is 2.28. The largest absolute Gasteiger partial charge is 0.481 e. The maximum atomic E-state index is 11.3. The van der Waals surface area contributed by atoms with Crippen molar-refractivity contribution in [3.05, 3.63) is 0 Å². The summed E-state index contributed by atoms with van der Waals surface area (Å²) < 4.78 is 0. The number of aliphatic carboxylic acids is 1. The molecule has 8 heteroatoms. The normalized spacial score (nSPS) is 11.5. The molecule has 1 atom stereocenters. The minimum absolute atomic E-state index is 0. The highest BCUT2D eigenvalue weighted by molar-refractivity contribution is 5.85. The first-order valence-corrected chi connectivity index (χ1v) is 5.62. The third-order valence-corrected chi connectivity index (χ3v) is 2.03. The van der Waals surface area contributed by atoms with Crippen molar-refractivity contribution in [1.82, 2.24) is 5.32 Å². The number of carbonyl (C=O) groups is 2. The highest BCUT2D eigenvalue weighted by Crippen LogP contribution is 2.19. The quantitative estimate of drug-likeness (QED) is 0.445. The van der Waals surface area contributed by atoms with Gasteiger partial charge in [-0.15, -0.1) is 12.4 Å². The Balaban J connectivity index is -0.000000580. The van der Waals surface area contributed by atoms with Crippen LogP contribution in [0.25, 0.3) is 0 Å². The number of aliphatic hydroxyl groups is 3. The average molecular weight is 302 g/mol. The first kappa shape index (κ1) is 23.2. The summed E-state index contributed by atoms with van der Waals surface area (Å²) in [6, 6.07) is 0. The summed E-state index contributed by atoms with van der Waals surface area (Å²) in [5, 5.41) is 36.5. The van der Waals surface area contributed by atoms with Crippen LogP contribution in [0.2, 0.25) is 0 Å². The van der Waals surface area contributed by atoms with E-state index >= 15 is 0 Å². The summed E-state index contributed by atoms with van der Waals surface area (Å²) in [5.74, 6) is -1.69. The molecule has 0 aromatic carbocycles. The highest BCUT2D eigenvalue weighted by Gasteiger charge is 2.32. The number of amides is 1. The molecule has 0 saturated heterocycles. The first-order valence-electron chi connectivity index (χ1n) is 5.62. The lowest BCUT2D eigenvalue weighted by molar-refractivity contribution is -0.138. The fourth-order valence-electron chi connectivity index (χ4n) is 0.831. The van der Waals surface area contributed by atoms with Gasteiger partial charge in [0.15, 0.2) is 0 Å². The highest BCUT2D eigenvalue weighted by atomic mass is 35.5. The fraction of sp³-hybridized carbons (Fsp3) is 0.818. The predicted octanol–water partition coefficient (Wildman–Crippen LogP) is -0.623. The van der Waals surface area contributed by atoms with Gasteiger partial charge in [0.05, 0.1) is 13.0 Å². The molecule has 0 aliphatic heterocycles. The summed E-state index contributed by atoms with van der Waals surface area (Å²) in [6.07, 6.45) is -1.55. The Morgan fingerprint density at radius 1 is 1.26 bits per heavy atom. The van der Waals surface area contributed by atoms with Crippen LogP contribution >= 0.6 is 12.4 Å². The molecule has 0 aromatic rings. The van der Waals surface area contributed by atoms with Crippen molar-refractivity contribution in [2.45, 2.75) is 33.3 Å². The van der Waals surface area contributed by atoms with Crippen molar-refractivity contribution < 1.29 is 30.0 Å². The lowest BCUT2D eigenvalue weighted by Gasteiger charge is -2.26. The Kier molecular flexibility index (Phi) is 14.9. The number of carbonyl (C=O) groups excluding carboxylic acids is 1. The van der Waals surface area contributed by atoms with Gasteiger partial charge in [-0.25, -0.2) is 0 Å². The number of hydrogen-bond acceptors (Lipinski definition) is 5. The van der Waals surface area contributed by atoms with Gasteiger partial charge in [0, 0.05) is 18.6 Å². The van der Waals surface area contributed by atoms with E-state index in [9.17, 15) is 14.7 Å². The number of aliphatic hydroxyl groups excluding tert-OH is 3. The molecule has 19 heavy (non-hydrogen) atoms. The summed E-state index contributed by atoms with van der Waals surface area (Å²) >= 11 is 0. The first-order chi connectivity index (χ1) is 8.22. The fourth-order valence-corrected chi connectivity index (χ4v) is 0.831. The van der Waals surface area contributed by atoms with E-state index in [4.69, 9.17) is 15.3 Å². The molecule has 116 valence electrons. The molecule has 0 radical (unpaired) electrons. The Hall–Kier alpha value is -0.890. The van der Waals surface area contributed by atoms with Gasteiger partial charge < -0.3 is 25.7 Å². The number of rotatable bonds is 6. The SMILES string of the molecule is CC(C)(CO)[C@@H](O)C(=O)NCCC(=O)O.CCO.Cl. The Bertz CT molecular complexity index is 260. The number of carboxylic acid groups (broad SMARTS) is 1. The third kappa shape index (κ3) is 11.9. The van der Waals surface area contributed by atoms with Crippen molar-refractivity contribution in [3.63, 3.8) is 0 Å². The molecular formula is C11H24ClNO6. The molecule has 0 aliphatic carbocycles. The van der Waals surface area contributed by atoms with E-state index in [0.717, 1.165) is 0 Å². The molecule has 0 aromatic heterocycles. The van der Waals surface area contributed by atoms with Gasteiger partial charge in [0.2, 0.25) is 5.91 Å². The molecule has 0 heterocycles. The molecule has 0 saturated carbocycles. The van der Waals surface area contributed by atoms with Crippen LogP contribution in [0.5, 0.6) is 0 Å². The van der Waals surface area contributed by atoms with Crippen molar-refractivity contribution in [2.24, 2.45) is 5.41 Å². The zero-order valence-electron chi connectivity index (χ0n) is 11.4. The van der Waals surface area contributed by atoms with Gasteiger partial charge in [-0.2, -0.15) is 0 Å². The van der Waals surface area contributed by atoms with E-state index < -0.39 is 23.4 Å². The summed E-state index contributed by atoms with van der Waals surface area (Å²) in [5.41, 5.74) is -0.937. The number of carboxylic acids is 1. The lowest BCUT2D eigenvalue weighted by atomic mass is 9.87. The van der Waals surface area contributed by atoms with Gasteiger partial charge in [0.25, 0.3) is 0 Å². The maximum absolute atomic E-state index is 11.3. The van der Waals surface area contributed by atoms with Gasteiger partial charge in [-0.3, -0.25) is 9.59 Å². The van der Waals surface area contributed by atoms with Crippen molar-refractivity contribution in [1.29, 1.82) is 0 Å². The van der Waals surface area contributed by atoms with Crippen molar-refractivity contribution >= 4 is 24.3 Å². The molecular weight excluding hydrogens is 278 g/mol. The van der Waals surface area contributed by atoms with Crippen molar-refractivity contribution in [2.75, 3.05) is 19.8 Å². The molecule has 7 nitrogen and oxygen atoms in total. The predicted molar refractivity (Wildman–Crippen MR) is 72.1 cm³/mol. The van der Waals surface area contributed by atoms with E-state index in [0.29, 0.717) is 0 Å². The molecule has 0 rings (SSSR count). The minimum atomic E-state index is -1.35. The van der Waals surface area contributed by atoms with Gasteiger partial charge in [-0.1, -0.05) is 13.8 Å². The summed E-state index contributed by atoms with van der Waals surface area (Å²) in [6.45, 7) is 4.64. The Morgan fingerprint density at radius 3 is 2.00 bits per heavy atom. The number of nitrogens with one attached hydrogen (secondary N) is 1. The standard InChI is InChI=1S/C9H17NO5.C2H6O.ClH/c1-9(2,5-11)7(14)8(15)10-4-3-6(12)13;1-2-3;/h7,11,14H,3-5H2,1-2H3,(H,10,15)(H,12,13);3H,2H2,1H3;1H/t7-;;/m0../s1. The third-order valence-electron chi connectivity index (χ3n) is 2.03. The summed E-state index contributed by atoms with van der Waals surface area (Å²) in [4.78, 5) is 21.4. The van der Waals surface area contributed by atoms with Crippen LogP contribution in [0.15, 0.2) is 0 Å². The monoisotopic (exact) mass is 301 g/mol. The van der Waals surface area contributed by atoms with Crippen LogP contribution in [0, 0.1) is 5.41 Å². The van der Waals surface area contributed by atoms with Crippen LogP contribution in [0.1, 0.15) is 27.2 Å². The van der Waals surface area contributed by atoms with Crippen molar-refractivity contribution in [3.8, 4) is 0 Å². The van der Waals surface area contributed by atoms with Crippen LogP contribution in [0.4, 0.5) is 0 Å². The second-order valence-corrected chi connectivity index (χ2v) is 4.30. The van der Waals surface area contributed by atoms with Crippen LogP contribution < -0.4 is 5.32 Å². The van der Waals surface area contributed by atoms with E-state index in [1.807, 2.05) is 0 Å². The van der Waals surface area contributed by atoms with E-state index in [1.165, 1.54) is 13.8 Å².